The Morgan fingerprint density at radius 3 is 2.70 bits per heavy atom. The first kappa shape index (κ1) is 14.9. The minimum atomic E-state index is -0.896. The molecule has 14 nitrogen and oxygen atoms in total. The monoisotopic (exact) mass is 287 g/mol. The lowest BCUT2D eigenvalue weighted by Crippen LogP contribution is -2.24. The van der Waals surface area contributed by atoms with Crippen LogP contribution in [0.1, 0.15) is 0 Å². The summed E-state index contributed by atoms with van der Waals surface area (Å²) in [6.45, 7) is 0.432. The zero-order chi connectivity index (χ0) is 13.8. The van der Waals surface area contributed by atoms with Crippen molar-refractivity contribution in [2.45, 2.75) is 13.1 Å². The van der Waals surface area contributed by atoms with Gasteiger partial charge >= 0.3 is 11.3 Å². The summed E-state index contributed by atoms with van der Waals surface area (Å²) < 4.78 is 2.54. The maximum Gasteiger partial charge on any atom is 0.337 e. The summed E-state index contributed by atoms with van der Waals surface area (Å²) in [4.78, 5) is 20.1. The van der Waals surface area contributed by atoms with E-state index in [9.17, 15) is 20.2 Å². The number of nitrogens with zero attached hydrogens (tertiary/aromatic N) is 8. The molecule has 0 aromatic carbocycles. The Labute approximate surface area is 108 Å². The van der Waals surface area contributed by atoms with Gasteiger partial charge in [0.25, 0.3) is 0 Å². The van der Waals surface area contributed by atoms with Crippen LogP contribution in [0, 0.1) is 20.2 Å². The minimum Gasteiger partial charge on any atom is -0.412 e. The summed E-state index contributed by atoms with van der Waals surface area (Å²) in [6, 6.07) is 0. The SMILES string of the molecule is O.O=[N+]([O-])/N=c1\nn[nH]n1CCn1cc([N+](=O)[O-])cn1. The minimum absolute atomic E-state index is 0. The van der Waals surface area contributed by atoms with Crippen LogP contribution in [0.5, 0.6) is 0 Å². The van der Waals surface area contributed by atoms with Gasteiger partial charge < -0.3 is 5.48 Å². The second kappa shape index (κ2) is 6.14. The van der Waals surface area contributed by atoms with Crippen molar-refractivity contribution in [3.05, 3.63) is 38.2 Å². The van der Waals surface area contributed by atoms with E-state index in [0.717, 1.165) is 6.20 Å². The molecule has 108 valence electrons. The van der Waals surface area contributed by atoms with Crippen molar-refractivity contribution < 1.29 is 15.4 Å². The lowest BCUT2D eigenvalue weighted by molar-refractivity contribution is -0.491. The van der Waals surface area contributed by atoms with E-state index < -0.39 is 9.96 Å². The second-order valence-electron chi connectivity index (χ2n) is 3.31. The number of H-pyrrole nitrogens is 1. The number of aromatic nitrogens is 6. The van der Waals surface area contributed by atoms with E-state index >= 15 is 0 Å². The van der Waals surface area contributed by atoms with Crippen molar-refractivity contribution in [1.29, 1.82) is 0 Å². The average molecular weight is 287 g/mol. The highest BCUT2D eigenvalue weighted by Gasteiger charge is 2.09. The van der Waals surface area contributed by atoms with Gasteiger partial charge in [-0.2, -0.15) is 10.3 Å². The first-order chi connectivity index (χ1) is 9.06. The molecule has 0 unspecified atom stereocenters. The van der Waals surface area contributed by atoms with Gasteiger partial charge in [0.15, 0.2) is 5.03 Å². The number of aromatic amines is 1. The molecule has 0 amide bonds. The van der Waals surface area contributed by atoms with E-state index in [0.29, 0.717) is 0 Å². The number of nitro groups is 2. The summed E-state index contributed by atoms with van der Waals surface area (Å²) in [5.74, 6) is 0. The average Bonchev–Trinajstić information content (AvgIpc) is 2.94. The molecule has 0 aliphatic rings. The molecule has 0 bridgehead atoms. The summed E-state index contributed by atoms with van der Waals surface area (Å²) in [5.41, 5.74) is -0.338. The number of aryl methyl sites for hydroxylation is 2. The fraction of sp³-hybridized carbons (Fsp3) is 0.333. The third-order valence-corrected chi connectivity index (χ3v) is 2.10. The summed E-state index contributed by atoms with van der Waals surface area (Å²) in [6.07, 6.45) is 2.35. The van der Waals surface area contributed by atoms with Crippen molar-refractivity contribution in [2.24, 2.45) is 5.10 Å². The third-order valence-electron chi connectivity index (χ3n) is 2.10. The Balaban J connectivity index is 0.00000200. The highest BCUT2D eigenvalue weighted by atomic mass is 16.7. The molecule has 0 atom stereocenters. The molecular formula is C6H9N9O5. The van der Waals surface area contributed by atoms with Gasteiger partial charge in [-0.05, 0) is 5.21 Å². The Hall–Kier alpha value is -3.16. The van der Waals surface area contributed by atoms with Crippen LogP contribution in [0.2, 0.25) is 0 Å². The first-order valence-electron chi connectivity index (χ1n) is 4.90. The Morgan fingerprint density at radius 1 is 1.35 bits per heavy atom. The molecule has 14 heteroatoms. The molecule has 3 N–H and O–H groups in total. The predicted octanol–water partition coefficient (Wildman–Crippen LogP) is -2.32. The topological polar surface area (TPSA) is 194 Å². The van der Waals surface area contributed by atoms with Gasteiger partial charge in [-0.1, -0.05) is 5.10 Å². The molecule has 20 heavy (non-hydrogen) atoms. The van der Waals surface area contributed by atoms with Gasteiger partial charge in [-0.25, -0.2) is 14.8 Å². The zero-order valence-corrected chi connectivity index (χ0v) is 9.78. The van der Waals surface area contributed by atoms with Crippen LogP contribution in [0.25, 0.3) is 0 Å². The maximum absolute atomic E-state index is 10.5. The molecule has 0 saturated heterocycles. The number of rotatable bonds is 5. The van der Waals surface area contributed by atoms with Gasteiger partial charge in [0.2, 0.25) is 0 Å². The van der Waals surface area contributed by atoms with Gasteiger partial charge in [0, 0.05) is 0 Å². The summed E-state index contributed by atoms with van der Waals surface area (Å²) >= 11 is 0. The third kappa shape index (κ3) is 3.42. The zero-order valence-electron chi connectivity index (χ0n) is 9.78. The van der Waals surface area contributed by atoms with E-state index in [1.165, 1.54) is 15.6 Å². The second-order valence-corrected chi connectivity index (χ2v) is 3.31. The van der Waals surface area contributed by atoms with Crippen molar-refractivity contribution in [3.8, 4) is 0 Å². The molecule has 2 heterocycles. The molecule has 0 fully saturated rings. The van der Waals surface area contributed by atoms with E-state index in [4.69, 9.17) is 0 Å². The maximum atomic E-state index is 10.5. The van der Waals surface area contributed by atoms with Crippen LogP contribution in [0.4, 0.5) is 5.69 Å². The molecule has 2 aromatic heterocycles. The molecule has 0 aliphatic carbocycles. The van der Waals surface area contributed by atoms with Crippen molar-refractivity contribution in [3.63, 3.8) is 0 Å². The number of hydrogen-bond acceptors (Lipinski definition) is 7. The first-order valence-corrected chi connectivity index (χ1v) is 4.90. The van der Waals surface area contributed by atoms with Crippen molar-refractivity contribution >= 4 is 5.69 Å². The molecule has 0 spiro atoms. The number of tetrazole rings is 1. The lowest BCUT2D eigenvalue weighted by atomic mass is 10.6. The van der Waals surface area contributed by atoms with Crippen LogP contribution in [-0.2, 0) is 13.1 Å². The Morgan fingerprint density at radius 2 is 2.10 bits per heavy atom. The quantitative estimate of drug-likeness (QED) is 0.470. The fourth-order valence-electron chi connectivity index (χ4n) is 1.29. The molecule has 0 radical (unpaired) electrons. The fourth-order valence-corrected chi connectivity index (χ4v) is 1.29. The molecule has 0 aliphatic heterocycles. The standard InChI is InChI=1S/C6H7N9O4.H2O/c16-14(17)5-3-7-12(4-5)1-2-13-6(8-10-11-13)9-15(18)19;/h3-4H,1-2H2,(H,8,9,11);1H2. The van der Waals surface area contributed by atoms with Crippen LogP contribution < -0.4 is 5.62 Å². The Kier molecular flexibility index (Phi) is 4.57. The van der Waals surface area contributed by atoms with Crippen LogP contribution >= 0.6 is 0 Å². The van der Waals surface area contributed by atoms with Crippen LogP contribution in [-0.4, -0.2) is 45.4 Å². The van der Waals surface area contributed by atoms with Crippen molar-refractivity contribution in [1.82, 2.24) is 30.0 Å². The predicted molar refractivity (Wildman–Crippen MR) is 59.4 cm³/mol. The molecule has 0 saturated carbocycles. The number of hydrogen-bond donors (Lipinski definition) is 1. The van der Waals surface area contributed by atoms with Gasteiger partial charge in [-0.15, -0.1) is 0 Å². The summed E-state index contributed by atoms with van der Waals surface area (Å²) in [7, 11) is 0. The molecule has 2 aromatic rings. The van der Waals surface area contributed by atoms with Crippen LogP contribution in [0.3, 0.4) is 0 Å². The van der Waals surface area contributed by atoms with Crippen molar-refractivity contribution in [2.75, 3.05) is 0 Å². The van der Waals surface area contributed by atoms with Gasteiger partial charge in [0.05, 0.1) is 18.0 Å². The van der Waals surface area contributed by atoms with E-state index in [1.54, 1.807) is 0 Å². The largest absolute Gasteiger partial charge is 0.412 e. The molecular weight excluding hydrogens is 278 g/mol. The summed E-state index contributed by atoms with van der Waals surface area (Å²) in [5, 5.41) is 35.7. The van der Waals surface area contributed by atoms with E-state index in [-0.39, 0.29) is 29.9 Å². The van der Waals surface area contributed by atoms with Gasteiger partial charge in [0.1, 0.15) is 17.5 Å². The Bertz CT molecular complexity index is 668. The van der Waals surface area contributed by atoms with E-state index in [1.807, 2.05) is 0 Å². The smallest absolute Gasteiger partial charge is 0.337 e. The van der Waals surface area contributed by atoms with E-state index in [2.05, 4.69) is 25.7 Å². The molecule has 2 rings (SSSR count). The normalized spacial score (nSPS) is 11.1. The van der Waals surface area contributed by atoms with Crippen LogP contribution in [0.15, 0.2) is 17.5 Å². The number of nitrogens with one attached hydrogen (secondary N) is 1. The highest BCUT2D eigenvalue weighted by molar-refractivity contribution is 5.20. The highest BCUT2D eigenvalue weighted by Crippen LogP contribution is 2.07. The lowest BCUT2D eigenvalue weighted by Gasteiger charge is -1.99. The van der Waals surface area contributed by atoms with Gasteiger partial charge in [-0.3, -0.25) is 14.8 Å².